The number of rotatable bonds is 3. The highest BCUT2D eigenvalue weighted by Crippen LogP contribution is 2.23. The van der Waals surface area contributed by atoms with Crippen molar-refractivity contribution in [2.45, 2.75) is 25.6 Å². The molecule has 8 heteroatoms. The second kappa shape index (κ2) is 5.68. The van der Waals surface area contributed by atoms with Crippen LogP contribution in [0, 0.1) is 5.92 Å². The number of hydrogen-bond acceptors (Lipinski definition) is 3. The number of piperidine rings is 1. The van der Waals surface area contributed by atoms with Crippen molar-refractivity contribution in [3.63, 3.8) is 0 Å². The highest BCUT2D eigenvalue weighted by atomic mass is 19.3. The van der Waals surface area contributed by atoms with Crippen LogP contribution in [0.3, 0.4) is 0 Å². The van der Waals surface area contributed by atoms with E-state index in [1.165, 1.54) is 9.80 Å². The third kappa shape index (κ3) is 3.31. The predicted molar refractivity (Wildman–Crippen MR) is 61.3 cm³/mol. The molecule has 0 atom stereocenters. The van der Waals surface area contributed by atoms with Crippen molar-refractivity contribution in [3.8, 4) is 0 Å². The lowest BCUT2D eigenvalue weighted by molar-refractivity contribution is -0.200. The van der Waals surface area contributed by atoms with Gasteiger partial charge in [0.25, 0.3) is 0 Å². The molecular weight excluding hydrogens is 260 g/mol. The van der Waals surface area contributed by atoms with E-state index in [2.05, 4.69) is 4.74 Å². The summed E-state index contributed by atoms with van der Waals surface area (Å²) < 4.78 is 28.2. The zero-order chi connectivity index (χ0) is 14.0. The van der Waals surface area contributed by atoms with Gasteiger partial charge in [0.2, 0.25) is 5.91 Å². The molecule has 0 saturated carbocycles. The second-order valence-electron chi connectivity index (χ2n) is 4.86. The normalized spacial score (nSPS) is 21.6. The Balaban J connectivity index is 1.73. The van der Waals surface area contributed by atoms with Crippen molar-refractivity contribution < 1.29 is 23.1 Å². The molecule has 108 valence electrons. The first-order valence-electron chi connectivity index (χ1n) is 6.24. The fourth-order valence-corrected chi connectivity index (χ4v) is 2.45. The van der Waals surface area contributed by atoms with Crippen molar-refractivity contribution in [3.05, 3.63) is 0 Å². The summed E-state index contributed by atoms with van der Waals surface area (Å²) in [7, 11) is 0. The molecule has 2 aliphatic rings. The van der Waals surface area contributed by atoms with Crippen LogP contribution in [0.2, 0.25) is 0 Å². The fraction of sp³-hybridized carbons (Fsp3) is 0.818. The summed E-state index contributed by atoms with van der Waals surface area (Å²) in [5, 5.41) is 0. The largest absolute Gasteiger partial charge is 0.351 e. The molecule has 2 heterocycles. The van der Waals surface area contributed by atoms with E-state index in [1.807, 2.05) is 0 Å². The van der Waals surface area contributed by atoms with Crippen molar-refractivity contribution in [1.82, 2.24) is 9.80 Å². The fourth-order valence-electron chi connectivity index (χ4n) is 2.45. The number of amides is 3. The molecule has 0 aromatic carbocycles. The van der Waals surface area contributed by atoms with E-state index in [0.29, 0.717) is 25.9 Å². The number of nitrogens with two attached hydrogens (primary N) is 1. The average Bonchev–Trinajstić information content (AvgIpc) is 2.32. The summed E-state index contributed by atoms with van der Waals surface area (Å²) >= 11 is 0. The molecule has 0 aromatic rings. The van der Waals surface area contributed by atoms with Gasteiger partial charge in [-0.3, -0.25) is 4.79 Å². The molecule has 19 heavy (non-hydrogen) atoms. The molecule has 0 spiro atoms. The maximum atomic E-state index is 12.0. The van der Waals surface area contributed by atoms with Gasteiger partial charge in [-0.2, -0.15) is 8.78 Å². The van der Waals surface area contributed by atoms with Crippen LogP contribution >= 0.6 is 0 Å². The van der Waals surface area contributed by atoms with Gasteiger partial charge in [-0.25, -0.2) is 4.79 Å². The highest BCUT2D eigenvalue weighted by molar-refractivity contribution is 5.80. The number of urea groups is 1. The van der Waals surface area contributed by atoms with Gasteiger partial charge in [0, 0.05) is 32.1 Å². The minimum Gasteiger partial charge on any atom is -0.351 e. The number of hydrogen-bond donors (Lipinski definition) is 1. The van der Waals surface area contributed by atoms with Crippen LogP contribution in [0.15, 0.2) is 0 Å². The minimum absolute atomic E-state index is 0.0433. The smallest absolute Gasteiger partial charge is 0.345 e. The number of halogens is 2. The van der Waals surface area contributed by atoms with E-state index in [-0.39, 0.29) is 24.9 Å². The second-order valence-corrected chi connectivity index (χ2v) is 4.86. The summed E-state index contributed by atoms with van der Waals surface area (Å²) in [5.41, 5.74) is 5.15. The van der Waals surface area contributed by atoms with Crippen molar-refractivity contribution in [2.24, 2.45) is 11.7 Å². The summed E-state index contributed by atoms with van der Waals surface area (Å²) in [6.07, 6.45) is 0.576. The number of nitrogens with zero attached hydrogens (tertiary/aromatic N) is 2. The Labute approximate surface area is 109 Å². The van der Waals surface area contributed by atoms with Gasteiger partial charge in [0.05, 0.1) is 6.10 Å². The number of carbonyl (C=O) groups excluding carboxylic acids is 2. The van der Waals surface area contributed by atoms with E-state index >= 15 is 0 Å². The van der Waals surface area contributed by atoms with Gasteiger partial charge >= 0.3 is 12.6 Å². The lowest BCUT2D eigenvalue weighted by Gasteiger charge is -2.41. The lowest BCUT2D eigenvalue weighted by Crippen LogP contribution is -2.57. The zero-order valence-corrected chi connectivity index (χ0v) is 10.4. The Bertz CT molecular complexity index is 353. The Morgan fingerprint density at radius 1 is 1.16 bits per heavy atom. The first-order valence-corrected chi connectivity index (χ1v) is 6.24. The van der Waals surface area contributed by atoms with Crippen molar-refractivity contribution >= 4 is 11.9 Å². The first-order chi connectivity index (χ1) is 8.97. The molecule has 2 N–H and O–H groups in total. The van der Waals surface area contributed by atoms with E-state index < -0.39 is 18.7 Å². The van der Waals surface area contributed by atoms with Crippen LogP contribution in [0.25, 0.3) is 0 Å². The lowest BCUT2D eigenvalue weighted by atomic mass is 9.94. The number of ether oxygens (including phenoxy) is 1. The molecule has 0 radical (unpaired) electrons. The number of alkyl halides is 2. The Morgan fingerprint density at radius 2 is 1.74 bits per heavy atom. The van der Waals surface area contributed by atoms with E-state index in [4.69, 9.17) is 5.73 Å². The SMILES string of the molecule is NC(=O)N1CCC(C(=O)N2CC(OC(F)F)C2)CC1. The van der Waals surface area contributed by atoms with Gasteiger partial charge in [0.1, 0.15) is 0 Å². The number of likely N-dealkylation sites (tertiary alicyclic amines) is 2. The monoisotopic (exact) mass is 277 g/mol. The van der Waals surface area contributed by atoms with Gasteiger partial charge < -0.3 is 20.3 Å². The number of primary amides is 1. The molecule has 2 saturated heterocycles. The van der Waals surface area contributed by atoms with Gasteiger partial charge in [0.15, 0.2) is 0 Å². The molecule has 0 unspecified atom stereocenters. The van der Waals surface area contributed by atoms with Crippen LogP contribution in [-0.4, -0.2) is 60.6 Å². The van der Waals surface area contributed by atoms with E-state index in [9.17, 15) is 18.4 Å². The molecule has 6 nitrogen and oxygen atoms in total. The molecule has 0 aliphatic carbocycles. The topological polar surface area (TPSA) is 75.9 Å². The molecule has 2 rings (SSSR count). The minimum atomic E-state index is -2.79. The maximum Gasteiger partial charge on any atom is 0.345 e. The summed E-state index contributed by atoms with van der Waals surface area (Å²) in [4.78, 5) is 26.0. The van der Waals surface area contributed by atoms with Crippen LogP contribution < -0.4 is 5.73 Å². The average molecular weight is 277 g/mol. The standard InChI is InChI=1S/C11H17F2N3O3/c12-10(13)19-8-5-16(6-8)9(17)7-1-3-15(4-2-7)11(14)18/h7-8,10H,1-6H2,(H2,14,18). The first kappa shape index (κ1) is 14.0. The van der Waals surface area contributed by atoms with Crippen LogP contribution in [-0.2, 0) is 9.53 Å². The maximum absolute atomic E-state index is 12.0. The van der Waals surface area contributed by atoms with Crippen molar-refractivity contribution in [2.75, 3.05) is 26.2 Å². The molecule has 2 fully saturated rings. The highest BCUT2D eigenvalue weighted by Gasteiger charge is 2.37. The van der Waals surface area contributed by atoms with Crippen LogP contribution in [0.5, 0.6) is 0 Å². The third-order valence-corrected chi connectivity index (χ3v) is 3.61. The zero-order valence-electron chi connectivity index (χ0n) is 10.4. The van der Waals surface area contributed by atoms with Crippen LogP contribution in [0.1, 0.15) is 12.8 Å². The van der Waals surface area contributed by atoms with Gasteiger partial charge in [-0.15, -0.1) is 0 Å². The molecule has 2 aliphatic heterocycles. The van der Waals surface area contributed by atoms with Crippen molar-refractivity contribution in [1.29, 1.82) is 0 Å². The molecular formula is C11H17F2N3O3. The predicted octanol–water partition coefficient (Wildman–Crippen LogP) is 0.227. The van der Waals surface area contributed by atoms with E-state index in [0.717, 1.165) is 0 Å². The van der Waals surface area contributed by atoms with Gasteiger partial charge in [-0.1, -0.05) is 0 Å². The Morgan fingerprint density at radius 3 is 2.21 bits per heavy atom. The number of carbonyl (C=O) groups is 2. The summed E-state index contributed by atoms with van der Waals surface area (Å²) in [5.74, 6) is -0.193. The van der Waals surface area contributed by atoms with Crippen LogP contribution in [0.4, 0.5) is 13.6 Å². The molecule has 0 bridgehead atoms. The summed E-state index contributed by atoms with van der Waals surface area (Å²) in [6.45, 7) is -1.41. The van der Waals surface area contributed by atoms with Gasteiger partial charge in [-0.05, 0) is 12.8 Å². The summed E-state index contributed by atoms with van der Waals surface area (Å²) in [6, 6.07) is -0.472. The Kier molecular flexibility index (Phi) is 4.18. The molecule has 3 amide bonds. The Hall–Kier alpha value is -1.44. The third-order valence-electron chi connectivity index (χ3n) is 3.61. The molecule has 0 aromatic heterocycles. The quantitative estimate of drug-likeness (QED) is 0.802. The van der Waals surface area contributed by atoms with E-state index in [1.54, 1.807) is 0 Å².